The van der Waals surface area contributed by atoms with Crippen LogP contribution in [0.25, 0.3) is 0 Å². The number of hydrogen-bond acceptors (Lipinski definition) is 2. The predicted octanol–water partition coefficient (Wildman–Crippen LogP) is 2.12. The smallest absolute Gasteiger partial charge is 0.0925 e. The highest BCUT2D eigenvalue weighted by Crippen LogP contribution is 2.06. The molecule has 0 aliphatic carbocycles. The number of imidazole rings is 1. The predicted molar refractivity (Wildman–Crippen MR) is 59.1 cm³/mol. The van der Waals surface area contributed by atoms with Gasteiger partial charge in [0.25, 0.3) is 0 Å². The van der Waals surface area contributed by atoms with Gasteiger partial charge in [-0.05, 0) is 20.4 Å². The van der Waals surface area contributed by atoms with Crippen LogP contribution in [-0.4, -0.2) is 28.0 Å². The SMILES string of the molecule is C=C(C)CN(CC)Cc1nc[nH]c1C. The first-order valence-corrected chi connectivity index (χ1v) is 4.99. The van der Waals surface area contributed by atoms with E-state index in [-0.39, 0.29) is 0 Å². The summed E-state index contributed by atoms with van der Waals surface area (Å²) < 4.78 is 0. The van der Waals surface area contributed by atoms with Crippen molar-refractivity contribution in [1.29, 1.82) is 0 Å². The molecule has 1 aromatic heterocycles. The second-order valence-corrected chi connectivity index (χ2v) is 3.73. The molecular weight excluding hydrogens is 174 g/mol. The highest BCUT2D eigenvalue weighted by Gasteiger charge is 2.07. The lowest BCUT2D eigenvalue weighted by Gasteiger charge is -2.19. The van der Waals surface area contributed by atoms with Gasteiger partial charge >= 0.3 is 0 Å². The van der Waals surface area contributed by atoms with Gasteiger partial charge in [0.15, 0.2) is 0 Å². The molecule has 0 bridgehead atoms. The van der Waals surface area contributed by atoms with E-state index >= 15 is 0 Å². The Bertz CT molecular complexity index is 301. The van der Waals surface area contributed by atoms with Crippen LogP contribution in [0.3, 0.4) is 0 Å². The highest BCUT2D eigenvalue weighted by atomic mass is 15.1. The van der Waals surface area contributed by atoms with Crippen molar-refractivity contribution in [3.8, 4) is 0 Å². The van der Waals surface area contributed by atoms with Crippen LogP contribution in [0, 0.1) is 6.92 Å². The summed E-state index contributed by atoms with van der Waals surface area (Å²) in [5, 5.41) is 0. The molecule has 3 nitrogen and oxygen atoms in total. The Hall–Kier alpha value is -1.09. The van der Waals surface area contributed by atoms with Crippen molar-refractivity contribution in [3.05, 3.63) is 29.9 Å². The molecule has 0 unspecified atom stereocenters. The minimum Gasteiger partial charge on any atom is -0.348 e. The van der Waals surface area contributed by atoms with Gasteiger partial charge in [0.1, 0.15) is 0 Å². The van der Waals surface area contributed by atoms with E-state index in [0.717, 1.165) is 31.0 Å². The zero-order chi connectivity index (χ0) is 10.6. The van der Waals surface area contributed by atoms with Crippen molar-refractivity contribution in [1.82, 2.24) is 14.9 Å². The lowest BCUT2D eigenvalue weighted by Crippen LogP contribution is -2.25. The molecule has 0 saturated heterocycles. The van der Waals surface area contributed by atoms with Gasteiger partial charge in [0, 0.05) is 18.8 Å². The third-order valence-corrected chi connectivity index (χ3v) is 2.25. The molecule has 0 atom stereocenters. The van der Waals surface area contributed by atoms with Gasteiger partial charge < -0.3 is 4.98 Å². The third-order valence-electron chi connectivity index (χ3n) is 2.25. The molecular formula is C11H19N3. The Labute approximate surface area is 85.8 Å². The topological polar surface area (TPSA) is 31.9 Å². The number of aromatic amines is 1. The van der Waals surface area contributed by atoms with Crippen LogP contribution in [0.15, 0.2) is 18.5 Å². The van der Waals surface area contributed by atoms with Crippen LogP contribution in [-0.2, 0) is 6.54 Å². The van der Waals surface area contributed by atoms with Crippen molar-refractivity contribution in [2.75, 3.05) is 13.1 Å². The number of likely N-dealkylation sites (N-methyl/N-ethyl adjacent to an activating group) is 1. The van der Waals surface area contributed by atoms with E-state index in [2.05, 4.69) is 42.2 Å². The van der Waals surface area contributed by atoms with Crippen molar-refractivity contribution < 1.29 is 0 Å². The van der Waals surface area contributed by atoms with E-state index in [0.29, 0.717) is 0 Å². The number of hydrogen-bond donors (Lipinski definition) is 1. The Morgan fingerprint density at radius 3 is 2.79 bits per heavy atom. The zero-order valence-corrected chi connectivity index (χ0v) is 9.30. The Kier molecular flexibility index (Phi) is 3.89. The first kappa shape index (κ1) is 11.0. The molecule has 0 spiro atoms. The highest BCUT2D eigenvalue weighted by molar-refractivity contribution is 5.08. The molecule has 0 amide bonds. The molecule has 1 heterocycles. The molecule has 78 valence electrons. The average molecular weight is 193 g/mol. The quantitative estimate of drug-likeness (QED) is 0.726. The summed E-state index contributed by atoms with van der Waals surface area (Å²) in [6.07, 6.45) is 1.75. The van der Waals surface area contributed by atoms with Crippen molar-refractivity contribution in [2.45, 2.75) is 27.3 Å². The summed E-state index contributed by atoms with van der Waals surface area (Å²) in [6.45, 7) is 13.1. The number of nitrogens with one attached hydrogen (secondary N) is 1. The lowest BCUT2D eigenvalue weighted by atomic mass is 10.2. The number of nitrogens with zero attached hydrogens (tertiary/aromatic N) is 2. The maximum Gasteiger partial charge on any atom is 0.0925 e. The number of H-pyrrole nitrogens is 1. The summed E-state index contributed by atoms with van der Waals surface area (Å²) >= 11 is 0. The zero-order valence-electron chi connectivity index (χ0n) is 9.30. The second kappa shape index (κ2) is 4.96. The first-order chi connectivity index (χ1) is 6.63. The molecule has 3 heteroatoms. The summed E-state index contributed by atoms with van der Waals surface area (Å²) in [5.74, 6) is 0. The van der Waals surface area contributed by atoms with E-state index in [1.807, 2.05) is 0 Å². The van der Waals surface area contributed by atoms with E-state index in [4.69, 9.17) is 0 Å². The van der Waals surface area contributed by atoms with Crippen molar-refractivity contribution in [3.63, 3.8) is 0 Å². The van der Waals surface area contributed by atoms with Gasteiger partial charge in [0.05, 0.1) is 12.0 Å². The number of aryl methyl sites for hydroxylation is 1. The Balaban J connectivity index is 2.57. The minimum atomic E-state index is 0.901. The van der Waals surface area contributed by atoms with Gasteiger partial charge in [-0.15, -0.1) is 0 Å². The van der Waals surface area contributed by atoms with Crippen LogP contribution in [0.1, 0.15) is 25.2 Å². The normalized spacial score (nSPS) is 10.9. The fourth-order valence-corrected chi connectivity index (χ4v) is 1.42. The van der Waals surface area contributed by atoms with E-state index in [1.54, 1.807) is 6.33 Å². The minimum absolute atomic E-state index is 0.901. The van der Waals surface area contributed by atoms with Gasteiger partial charge in [-0.3, -0.25) is 4.90 Å². The van der Waals surface area contributed by atoms with Gasteiger partial charge in [-0.1, -0.05) is 19.1 Å². The van der Waals surface area contributed by atoms with Crippen LogP contribution in [0.5, 0.6) is 0 Å². The maximum atomic E-state index is 4.28. The largest absolute Gasteiger partial charge is 0.348 e. The monoisotopic (exact) mass is 193 g/mol. The summed E-state index contributed by atoms with van der Waals surface area (Å²) in [6, 6.07) is 0. The Morgan fingerprint density at radius 2 is 2.36 bits per heavy atom. The van der Waals surface area contributed by atoms with Crippen LogP contribution in [0.4, 0.5) is 0 Å². The van der Waals surface area contributed by atoms with Crippen LogP contribution < -0.4 is 0 Å². The molecule has 1 N–H and O–H groups in total. The molecule has 0 aliphatic heterocycles. The third kappa shape index (κ3) is 3.00. The van der Waals surface area contributed by atoms with E-state index in [9.17, 15) is 0 Å². The molecule has 14 heavy (non-hydrogen) atoms. The standard InChI is InChI=1S/C11H19N3/c1-5-14(6-9(2)3)7-11-10(4)12-8-13-11/h8H,2,5-7H2,1,3-4H3,(H,12,13). The first-order valence-electron chi connectivity index (χ1n) is 4.99. The van der Waals surface area contributed by atoms with E-state index in [1.165, 1.54) is 5.57 Å². The molecule has 0 saturated carbocycles. The van der Waals surface area contributed by atoms with Gasteiger partial charge in [-0.25, -0.2) is 4.98 Å². The fourth-order valence-electron chi connectivity index (χ4n) is 1.42. The number of rotatable bonds is 5. The molecule has 1 aromatic rings. The van der Waals surface area contributed by atoms with E-state index < -0.39 is 0 Å². The van der Waals surface area contributed by atoms with Crippen molar-refractivity contribution >= 4 is 0 Å². The molecule has 0 radical (unpaired) electrons. The summed E-state index contributed by atoms with van der Waals surface area (Å²) in [4.78, 5) is 9.70. The molecule has 1 rings (SSSR count). The second-order valence-electron chi connectivity index (χ2n) is 3.73. The summed E-state index contributed by atoms with van der Waals surface area (Å²) in [7, 11) is 0. The fraction of sp³-hybridized carbons (Fsp3) is 0.545. The number of aromatic nitrogens is 2. The van der Waals surface area contributed by atoms with Crippen LogP contribution >= 0.6 is 0 Å². The van der Waals surface area contributed by atoms with Crippen LogP contribution in [0.2, 0.25) is 0 Å². The summed E-state index contributed by atoms with van der Waals surface area (Å²) in [5.41, 5.74) is 3.48. The van der Waals surface area contributed by atoms with Crippen molar-refractivity contribution in [2.24, 2.45) is 0 Å². The van der Waals surface area contributed by atoms with Gasteiger partial charge in [0.2, 0.25) is 0 Å². The maximum absolute atomic E-state index is 4.28. The molecule has 0 fully saturated rings. The average Bonchev–Trinajstić information content (AvgIpc) is 2.50. The molecule has 0 aliphatic rings. The lowest BCUT2D eigenvalue weighted by molar-refractivity contribution is 0.300. The van der Waals surface area contributed by atoms with Gasteiger partial charge in [-0.2, -0.15) is 0 Å². The Morgan fingerprint density at radius 1 is 1.64 bits per heavy atom. The molecule has 0 aromatic carbocycles.